The predicted octanol–water partition coefficient (Wildman–Crippen LogP) is 2.73. The van der Waals surface area contributed by atoms with Gasteiger partial charge in [0.1, 0.15) is 5.75 Å². The van der Waals surface area contributed by atoms with Crippen LogP contribution in [0.25, 0.3) is 0 Å². The van der Waals surface area contributed by atoms with Crippen molar-refractivity contribution < 1.29 is 4.74 Å². The Kier molecular flexibility index (Phi) is 3.99. The van der Waals surface area contributed by atoms with Crippen LogP contribution in [0.5, 0.6) is 5.75 Å². The number of aliphatic imine (C=N–C) groups is 1. The molecule has 0 N–H and O–H groups in total. The highest BCUT2D eigenvalue weighted by atomic mass is 79.9. The lowest BCUT2D eigenvalue weighted by Crippen LogP contribution is -2.29. The van der Waals surface area contributed by atoms with Gasteiger partial charge >= 0.3 is 0 Å². The summed E-state index contributed by atoms with van der Waals surface area (Å²) < 4.78 is 5.57. The third kappa shape index (κ3) is 2.63. The number of halogens is 2. The highest BCUT2D eigenvalue weighted by Crippen LogP contribution is 2.27. The van der Waals surface area contributed by atoms with Crippen LogP contribution in [0.1, 0.15) is 5.56 Å². The number of hydrogen-bond donors (Lipinski definition) is 0. The largest absolute Gasteiger partial charge is 0.426 e. The van der Waals surface area contributed by atoms with Crippen LogP contribution in [-0.4, -0.2) is 25.0 Å². The lowest BCUT2D eigenvalue weighted by Gasteiger charge is -2.21. The van der Waals surface area contributed by atoms with Gasteiger partial charge in [-0.2, -0.15) is 0 Å². The Hall–Kier alpha value is -0.740. The van der Waals surface area contributed by atoms with Crippen molar-refractivity contribution in [3.8, 4) is 5.75 Å². The molecule has 15 heavy (non-hydrogen) atoms. The van der Waals surface area contributed by atoms with E-state index in [0.29, 0.717) is 17.6 Å². The molecule has 0 aromatic heterocycles. The molecule has 0 unspecified atom stereocenters. The van der Waals surface area contributed by atoms with Gasteiger partial charge in [0.15, 0.2) is 0 Å². The smallest absolute Gasteiger partial charge is 0.292 e. The fraction of sp³-hybridized carbons (Fsp3) is 0.300. The first-order valence-electron chi connectivity index (χ1n) is 4.35. The van der Waals surface area contributed by atoms with E-state index in [0.717, 1.165) is 11.3 Å². The molecule has 0 amide bonds. The maximum Gasteiger partial charge on any atom is 0.292 e. The summed E-state index contributed by atoms with van der Waals surface area (Å²) in [6.07, 6.45) is 0. The maximum absolute atomic E-state index is 5.87. The van der Waals surface area contributed by atoms with Gasteiger partial charge in [0, 0.05) is 24.7 Å². The zero-order valence-corrected chi connectivity index (χ0v) is 11.0. The molecule has 1 aromatic rings. The van der Waals surface area contributed by atoms with Crippen LogP contribution in [0.4, 0.5) is 0 Å². The van der Waals surface area contributed by atoms with Crippen molar-refractivity contribution in [1.29, 1.82) is 0 Å². The fourth-order valence-electron chi connectivity index (χ4n) is 1.27. The molecule has 2 rings (SSSR count). The van der Waals surface area contributed by atoms with Gasteiger partial charge in [-0.05, 0) is 12.1 Å². The molecule has 1 heterocycles. The van der Waals surface area contributed by atoms with Gasteiger partial charge in [0.05, 0.1) is 6.54 Å². The molecule has 0 spiro atoms. The molecule has 3 nitrogen and oxygen atoms in total. The van der Waals surface area contributed by atoms with Crippen LogP contribution in [0.3, 0.4) is 0 Å². The van der Waals surface area contributed by atoms with Crippen molar-refractivity contribution >= 4 is 34.6 Å². The Morgan fingerprint density at radius 3 is 2.80 bits per heavy atom. The van der Waals surface area contributed by atoms with E-state index in [4.69, 9.17) is 16.3 Å². The Labute approximate surface area is 104 Å². The van der Waals surface area contributed by atoms with E-state index in [1.165, 1.54) is 0 Å². The lowest BCUT2D eigenvalue weighted by molar-refractivity contribution is 0.413. The summed E-state index contributed by atoms with van der Waals surface area (Å²) in [5, 5.41) is 0.684. The minimum Gasteiger partial charge on any atom is -0.426 e. The van der Waals surface area contributed by atoms with E-state index in [9.17, 15) is 0 Å². The van der Waals surface area contributed by atoms with Crippen molar-refractivity contribution in [2.75, 3.05) is 14.1 Å². The first kappa shape index (κ1) is 12.3. The Morgan fingerprint density at radius 2 is 2.13 bits per heavy atom. The minimum absolute atomic E-state index is 0. The number of rotatable bonds is 0. The highest BCUT2D eigenvalue weighted by Gasteiger charge is 2.15. The Morgan fingerprint density at radius 1 is 1.40 bits per heavy atom. The number of amidine groups is 1. The van der Waals surface area contributed by atoms with Crippen LogP contribution < -0.4 is 4.74 Å². The second kappa shape index (κ2) is 4.86. The summed E-state index contributed by atoms with van der Waals surface area (Å²) in [4.78, 5) is 6.11. The van der Waals surface area contributed by atoms with Crippen LogP contribution in [0.2, 0.25) is 5.02 Å². The Balaban J connectivity index is 0.00000112. The third-order valence-electron chi connectivity index (χ3n) is 2.00. The quantitative estimate of drug-likeness (QED) is 0.734. The molecule has 1 aliphatic rings. The molecule has 0 fully saturated rings. The summed E-state index contributed by atoms with van der Waals surface area (Å²) in [6.45, 7) is 0.653. The molecule has 0 radical (unpaired) electrons. The zero-order chi connectivity index (χ0) is 10.1. The number of hydrogen-bond acceptors (Lipinski definition) is 3. The van der Waals surface area contributed by atoms with Crippen molar-refractivity contribution in [2.45, 2.75) is 6.54 Å². The monoisotopic (exact) mass is 290 g/mol. The predicted molar refractivity (Wildman–Crippen MR) is 67.2 cm³/mol. The normalized spacial score (nSPS) is 13.1. The summed E-state index contributed by atoms with van der Waals surface area (Å²) in [5.74, 6) is 0.802. The first-order valence-corrected chi connectivity index (χ1v) is 4.72. The van der Waals surface area contributed by atoms with Gasteiger partial charge < -0.3 is 9.64 Å². The fourth-order valence-corrected chi connectivity index (χ4v) is 1.43. The molecule has 0 atom stereocenters. The number of nitrogens with zero attached hydrogens (tertiary/aromatic N) is 2. The average Bonchev–Trinajstić information content (AvgIpc) is 2.16. The molecule has 1 aromatic carbocycles. The summed E-state index contributed by atoms with van der Waals surface area (Å²) in [7, 11) is 3.79. The third-order valence-corrected chi connectivity index (χ3v) is 2.23. The van der Waals surface area contributed by atoms with E-state index in [1.807, 2.05) is 37.2 Å². The van der Waals surface area contributed by atoms with E-state index in [2.05, 4.69) is 4.99 Å². The molecular weight excluding hydrogens is 279 g/mol. The maximum atomic E-state index is 5.87. The highest BCUT2D eigenvalue weighted by molar-refractivity contribution is 8.93. The minimum atomic E-state index is 0. The molecule has 5 heteroatoms. The van der Waals surface area contributed by atoms with Gasteiger partial charge in [0.2, 0.25) is 0 Å². The SMILES string of the molecule is Br.CN(C)C1=NCc2ccc(Cl)cc2O1. The van der Waals surface area contributed by atoms with E-state index in [-0.39, 0.29) is 17.0 Å². The van der Waals surface area contributed by atoms with Crippen LogP contribution in [0, 0.1) is 0 Å². The Bertz CT molecular complexity index is 393. The van der Waals surface area contributed by atoms with Gasteiger partial charge in [-0.15, -0.1) is 17.0 Å². The van der Waals surface area contributed by atoms with Crippen LogP contribution >= 0.6 is 28.6 Å². The van der Waals surface area contributed by atoms with E-state index >= 15 is 0 Å². The topological polar surface area (TPSA) is 24.8 Å². The van der Waals surface area contributed by atoms with Crippen molar-refractivity contribution in [3.05, 3.63) is 28.8 Å². The lowest BCUT2D eigenvalue weighted by atomic mass is 10.2. The van der Waals surface area contributed by atoms with E-state index < -0.39 is 0 Å². The molecule has 1 aliphatic heterocycles. The molecule has 0 aliphatic carbocycles. The second-order valence-electron chi connectivity index (χ2n) is 3.35. The van der Waals surface area contributed by atoms with Crippen LogP contribution in [-0.2, 0) is 6.54 Å². The van der Waals surface area contributed by atoms with Crippen LogP contribution in [0.15, 0.2) is 23.2 Å². The zero-order valence-electron chi connectivity index (χ0n) is 8.53. The number of benzene rings is 1. The average molecular weight is 292 g/mol. The second-order valence-corrected chi connectivity index (χ2v) is 3.78. The van der Waals surface area contributed by atoms with Gasteiger partial charge in [0.25, 0.3) is 6.02 Å². The van der Waals surface area contributed by atoms with Gasteiger partial charge in [-0.3, -0.25) is 0 Å². The molecule has 82 valence electrons. The first-order chi connectivity index (χ1) is 6.66. The molecule has 0 saturated carbocycles. The molecule has 0 bridgehead atoms. The van der Waals surface area contributed by atoms with E-state index in [1.54, 1.807) is 0 Å². The summed E-state index contributed by atoms with van der Waals surface area (Å²) in [6, 6.07) is 6.22. The summed E-state index contributed by atoms with van der Waals surface area (Å²) in [5.41, 5.74) is 1.07. The van der Waals surface area contributed by atoms with Crippen molar-refractivity contribution in [1.82, 2.24) is 4.90 Å². The summed E-state index contributed by atoms with van der Waals surface area (Å²) >= 11 is 5.87. The molecular formula is C10H12BrClN2O. The van der Waals surface area contributed by atoms with Gasteiger partial charge in [-0.25, -0.2) is 4.99 Å². The molecule has 0 saturated heterocycles. The van der Waals surface area contributed by atoms with Gasteiger partial charge in [-0.1, -0.05) is 17.7 Å². The number of ether oxygens (including phenoxy) is 1. The van der Waals surface area contributed by atoms with Crippen molar-refractivity contribution in [3.63, 3.8) is 0 Å². The number of fused-ring (bicyclic) bond motifs is 1. The standard InChI is InChI=1S/C10H11ClN2O.BrH/c1-13(2)10-12-6-7-3-4-8(11)5-9(7)14-10;/h3-5H,6H2,1-2H3;1H. The van der Waals surface area contributed by atoms with Crippen molar-refractivity contribution in [2.24, 2.45) is 4.99 Å².